The van der Waals surface area contributed by atoms with Crippen LogP contribution in [0.2, 0.25) is 0 Å². The Balaban J connectivity index is 1.84. The van der Waals surface area contributed by atoms with Gasteiger partial charge in [-0.15, -0.1) is 0 Å². The average molecular weight is 296 g/mol. The van der Waals surface area contributed by atoms with Crippen molar-refractivity contribution >= 4 is 0 Å². The zero-order chi connectivity index (χ0) is 15.6. The summed E-state index contributed by atoms with van der Waals surface area (Å²) in [7, 11) is 2.33. The zero-order valence-electron chi connectivity index (χ0n) is 15.2. The molecule has 2 rings (SSSR count). The smallest absolute Gasteiger partial charge is 0.0145 e. The lowest BCUT2D eigenvalue weighted by Gasteiger charge is -2.48. The highest BCUT2D eigenvalue weighted by atomic mass is 15.2. The van der Waals surface area contributed by atoms with Crippen LogP contribution in [0.25, 0.3) is 0 Å². The van der Waals surface area contributed by atoms with E-state index >= 15 is 0 Å². The van der Waals surface area contributed by atoms with Crippen molar-refractivity contribution in [3.8, 4) is 0 Å². The molecule has 2 heterocycles. The fourth-order valence-electron chi connectivity index (χ4n) is 4.05. The molecule has 4 unspecified atom stereocenters. The maximum Gasteiger partial charge on any atom is 0.0145 e. The van der Waals surface area contributed by atoms with E-state index in [-0.39, 0.29) is 5.54 Å². The topological polar surface area (TPSA) is 18.5 Å². The molecule has 0 aromatic rings. The number of rotatable bonds is 4. The molecule has 3 nitrogen and oxygen atoms in total. The molecule has 0 spiro atoms. The lowest BCUT2D eigenvalue weighted by molar-refractivity contribution is 0.0127. The maximum atomic E-state index is 3.67. The third-order valence-corrected chi connectivity index (χ3v) is 5.73. The SMILES string of the molecule is CC(CNC(C)(C)C)C(C)N1CCC2C(CCCN2C)C1. The highest BCUT2D eigenvalue weighted by Gasteiger charge is 2.36. The molecule has 2 aliphatic heterocycles. The van der Waals surface area contributed by atoms with Crippen molar-refractivity contribution in [3.05, 3.63) is 0 Å². The molecule has 2 aliphatic rings. The van der Waals surface area contributed by atoms with Gasteiger partial charge in [0.1, 0.15) is 0 Å². The summed E-state index contributed by atoms with van der Waals surface area (Å²) in [6.07, 6.45) is 4.19. The first-order valence-electron chi connectivity index (χ1n) is 8.97. The average Bonchev–Trinajstić information content (AvgIpc) is 2.43. The van der Waals surface area contributed by atoms with Crippen molar-refractivity contribution in [2.45, 2.75) is 71.5 Å². The van der Waals surface area contributed by atoms with Crippen LogP contribution in [0, 0.1) is 11.8 Å². The Bertz CT molecular complexity index is 323. The Morgan fingerprint density at radius 2 is 1.86 bits per heavy atom. The van der Waals surface area contributed by atoms with E-state index < -0.39 is 0 Å². The Morgan fingerprint density at radius 3 is 2.52 bits per heavy atom. The van der Waals surface area contributed by atoms with Gasteiger partial charge in [0, 0.05) is 24.2 Å². The van der Waals surface area contributed by atoms with Gasteiger partial charge >= 0.3 is 0 Å². The predicted molar refractivity (Wildman–Crippen MR) is 91.7 cm³/mol. The third kappa shape index (κ3) is 4.67. The summed E-state index contributed by atoms with van der Waals surface area (Å²) < 4.78 is 0. The molecule has 0 radical (unpaired) electrons. The fourth-order valence-corrected chi connectivity index (χ4v) is 4.05. The first kappa shape index (κ1) is 17.2. The summed E-state index contributed by atoms with van der Waals surface area (Å²) in [6, 6.07) is 1.54. The molecule has 0 aromatic carbocycles. The molecule has 1 N–H and O–H groups in total. The van der Waals surface area contributed by atoms with Crippen LogP contribution in [0.3, 0.4) is 0 Å². The maximum absolute atomic E-state index is 3.67. The molecule has 0 saturated carbocycles. The van der Waals surface area contributed by atoms with Gasteiger partial charge in [-0.3, -0.25) is 4.90 Å². The second-order valence-electron chi connectivity index (χ2n) is 8.58. The van der Waals surface area contributed by atoms with Crippen molar-refractivity contribution < 1.29 is 0 Å². The van der Waals surface area contributed by atoms with E-state index in [4.69, 9.17) is 0 Å². The minimum atomic E-state index is 0.229. The number of hydrogen-bond acceptors (Lipinski definition) is 3. The summed E-state index contributed by atoms with van der Waals surface area (Å²) in [5, 5.41) is 3.67. The minimum Gasteiger partial charge on any atom is -0.312 e. The van der Waals surface area contributed by atoms with Crippen molar-refractivity contribution in [1.82, 2.24) is 15.1 Å². The molecule has 4 atom stereocenters. The predicted octanol–water partition coefficient (Wildman–Crippen LogP) is 2.82. The van der Waals surface area contributed by atoms with Gasteiger partial charge < -0.3 is 10.2 Å². The summed E-state index contributed by atoms with van der Waals surface area (Å²) in [5.74, 6) is 1.62. The van der Waals surface area contributed by atoms with Crippen LogP contribution >= 0.6 is 0 Å². The van der Waals surface area contributed by atoms with E-state index in [1.165, 1.54) is 38.9 Å². The highest BCUT2D eigenvalue weighted by molar-refractivity contribution is 4.91. The molecule has 0 aliphatic carbocycles. The summed E-state index contributed by atoms with van der Waals surface area (Å²) in [5.41, 5.74) is 0.229. The van der Waals surface area contributed by atoms with Crippen LogP contribution < -0.4 is 5.32 Å². The van der Waals surface area contributed by atoms with E-state index in [1.807, 2.05) is 0 Å². The second-order valence-corrected chi connectivity index (χ2v) is 8.58. The van der Waals surface area contributed by atoms with Crippen LogP contribution in [-0.2, 0) is 0 Å². The molecule has 2 fully saturated rings. The van der Waals surface area contributed by atoms with E-state index in [0.29, 0.717) is 12.0 Å². The van der Waals surface area contributed by atoms with Crippen molar-refractivity contribution in [2.24, 2.45) is 11.8 Å². The van der Waals surface area contributed by atoms with E-state index in [2.05, 4.69) is 56.8 Å². The number of piperidine rings is 2. The van der Waals surface area contributed by atoms with Gasteiger partial charge in [-0.05, 0) is 85.5 Å². The first-order valence-corrected chi connectivity index (χ1v) is 8.97. The van der Waals surface area contributed by atoms with E-state index in [0.717, 1.165) is 18.5 Å². The highest BCUT2D eigenvalue weighted by Crippen LogP contribution is 2.31. The summed E-state index contributed by atoms with van der Waals surface area (Å²) in [6.45, 7) is 16.6. The summed E-state index contributed by atoms with van der Waals surface area (Å²) >= 11 is 0. The quantitative estimate of drug-likeness (QED) is 0.860. The molecule has 21 heavy (non-hydrogen) atoms. The second kappa shape index (κ2) is 6.97. The number of nitrogens with one attached hydrogen (secondary N) is 1. The van der Waals surface area contributed by atoms with Crippen LogP contribution in [0.1, 0.15) is 53.9 Å². The Hall–Kier alpha value is -0.120. The van der Waals surface area contributed by atoms with Gasteiger partial charge in [-0.2, -0.15) is 0 Å². The Morgan fingerprint density at radius 1 is 1.14 bits per heavy atom. The largest absolute Gasteiger partial charge is 0.312 e. The Labute approximate surface area is 132 Å². The molecule has 124 valence electrons. The van der Waals surface area contributed by atoms with Crippen LogP contribution in [0.4, 0.5) is 0 Å². The van der Waals surface area contributed by atoms with E-state index in [1.54, 1.807) is 0 Å². The molecular weight excluding hydrogens is 258 g/mol. The Kier molecular flexibility index (Phi) is 5.72. The molecular formula is C18H37N3. The minimum absolute atomic E-state index is 0.229. The molecule has 3 heteroatoms. The molecule has 0 amide bonds. The lowest BCUT2D eigenvalue weighted by Crippen LogP contribution is -2.56. The number of nitrogens with zero attached hydrogens (tertiary/aromatic N) is 2. The van der Waals surface area contributed by atoms with Crippen molar-refractivity contribution in [1.29, 1.82) is 0 Å². The molecule has 0 aromatic heterocycles. The fraction of sp³-hybridized carbons (Fsp3) is 1.00. The number of fused-ring (bicyclic) bond motifs is 1. The number of likely N-dealkylation sites (tertiary alicyclic amines) is 2. The van der Waals surface area contributed by atoms with Crippen molar-refractivity contribution in [3.63, 3.8) is 0 Å². The van der Waals surface area contributed by atoms with Gasteiger partial charge in [0.25, 0.3) is 0 Å². The third-order valence-electron chi connectivity index (χ3n) is 5.73. The van der Waals surface area contributed by atoms with E-state index in [9.17, 15) is 0 Å². The van der Waals surface area contributed by atoms with Gasteiger partial charge in [-0.25, -0.2) is 0 Å². The number of hydrogen-bond donors (Lipinski definition) is 1. The van der Waals surface area contributed by atoms with Gasteiger partial charge in [0.05, 0.1) is 0 Å². The monoisotopic (exact) mass is 295 g/mol. The lowest BCUT2D eigenvalue weighted by atomic mass is 9.83. The molecule has 2 saturated heterocycles. The first-order chi connectivity index (χ1) is 9.78. The van der Waals surface area contributed by atoms with Gasteiger partial charge in [0.15, 0.2) is 0 Å². The van der Waals surface area contributed by atoms with Gasteiger partial charge in [-0.1, -0.05) is 6.92 Å². The zero-order valence-corrected chi connectivity index (χ0v) is 15.2. The van der Waals surface area contributed by atoms with Crippen LogP contribution in [0.15, 0.2) is 0 Å². The van der Waals surface area contributed by atoms with Crippen molar-refractivity contribution in [2.75, 3.05) is 33.2 Å². The normalized spacial score (nSPS) is 31.7. The van der Waals surface area contributed by atoms with Crippen LogP contribution in [-0.4, -0.2) is 60.6 Å². The van der Waals surface area contributed by atoms with Gasteiger partial charge in [0.2, 0.25) is 0 Å². The summed E-state index contributed by atoms with van der Waals surface area (Å²) in [4.78, 5) is 5.37. The van der Waals surface area contributed by atoms with Crippen LogP contribution in [0.5, 0.6) is 0 Å². The standard InChI is InChI=1S/C18H37N3/c1-14(12-19-18(3,4)5)15(2)21-11-9-17-16(13-21)8-7-10-20(17)6/h14-17,19H,7-13H2,1-6H3. The molecule has 0 bridgehead atoms.